The van der Waals surface area contributed by atoms with Crippen LogP contribution in [-0.4, -0.2) is 39.3 Å². The van der Waals surface area contributed by atoms with Crippen molar-refractivity contribution in [3.05, 3.63) is 66.0 Å². The number of nitrogens with zero attached hydrogens (tertiary/aromatic N) is 3. The molecule has 3 aromatic rings. The molecule has 168 valence electrons. The van der Waals surface area contributed by atoms with Gasteiger partial charge in [0.05, 0.1) is 11.3 Å². The van der Waals surface area contributed by atoms with E-state index < -0.39 is 29.7 Å². The Kier molecular flexibility index (Phi) is 6.92. The molecule has 0 saturated carbocycles. The average molecular weight is 446 g/mol. The van der Waals surface area contributed by atoms with Gasteiger partial charge in [-0.2, -0.15) is 13.2 Å². The Morgan fingerprint density at radius 3 is 2.50 bits per heavy atom. The minimum absolute atomic E-state index is 0.0685. The van der Waals surface area contributed by atoms with Crippen molar-refractivity contribution in [3.63, 3.8) is 0 Å². The summed E-state index contributed by atoms with van der Waals surface area (Å²) in [4.78, 5) is 28.7. The summed E-state index contributed by atoms with van der Waals surface area (Å²) in [7, 11) is 0. The number of carbonyl (C=O) groups excluding carboxylic acids is 2. The zero-order valence-electron chi connectivity index (χ0n) is 17.4. The van der Waals surface area contributed by atoms with Crippen molar-refractivity contribution in [2.75, 3.05) is 6.54 Å². The molecule has 0 spiro atoms. The molecule has 0 aliphatic rings. The molecule has 0 bridgehead atoms. The minimum Gasteiger partial charge on any atom is -0.447 e. The van der Waals surface area contributed by atoms with Gasteiger partial charge in [0, 0.05) is 12.1 Å². The Morgan fingerprint density at radius 2 is 1.84 bits per heavy atom. The van der Waals surface area contributed by atoms with E-state index in [0.29, 0.717) is 12.1 Å². The Bertz CT molecular complexity index is 1100. The van der Waals surface area contributed by atoms with E-state index in [4.69, 9.17) is 4.74 Å². The van der Waals surface area contributed by atoms with Crippen molar-refractivity contribution in [1.82, 2.24) is 20.1 Å². The maximum absolute atomic E-state index is 13.2. The second kappa shape index (κ2) is 9.63. The molecule has 2 aromatic carbocycles. The summed E-state index contributed by atoms with van der Waals surface area (Å²) in [5, 5.41) is 6.70. The lowest BCUT2D eigenvalue weighted by molar-refractivity contribution is -0.137. The van der Waals surface area contributed by atoms with Gasteiger partial charge in [0.15, 0.2) is 11.9 Å². The summed E-state index contributed by atoms with van der Waals surface area (Å²) >= 11 is 0. The predicted octanol–water partition coefficient (Wildman–Crippen LogP) is 4.02. The fraction of sp³-hybridized carbons (Fsp3) is 0.273. The standard InChI is InChI=1S/C22H21F3N4O3/c1-3-12-26-20(30)14(2)32-21(31)18-27-19(15-8-5-4-6-9-15)29(28-18)17-11-7-10-16(13-17)22(23,24)25/h4-11,13-14H,3,12H2,1-2H3,(H,26,30). The summed E-state index contributed by atoms with van der Waals surface area (Å²) in [6.45, 7) is 3.72. The van der Waals surface area contributed by atoms with Gasteiger partial charge in [0.25, 0.3) is 11.7 Å². The molecule has 0 fully saturated rings. The molecule has 0 aliphatic carbocycles. The van der Waals surface area contributed by atoms with Crippen LogP contribution in [0.15, 0.2) is 54.6 Å². The van der Waals surface area contributed by atoms with Gasteiger partial charge < -0.3 is 10.1 Å². The molecule has 7 nitrogen and oxygen atoms in total. The van der Waals surface area contributed by atoms with E-state index in [0.717, 1.165) is 23.2 Å². The summed E-state index contributed by atoms with van der Waals surface area (Å²) in [6.07, 6.45) is -4.92. The van der Waals surface area contributed by atoms with E-state index >= 15 is 0 Å². The number of benzene rings is 2. The average Bonchev–Trinajstić information content (AvgIpc) is 3.23. The van der Waals surface area contributed by atoms with E-state index in [1.165, 1.54) is 19.1 Å². The first-order valence-electron chi connectivity index (χ1n) is 9.89. The molecule has 1 heterocycles. The highest BCUT2D eigenvalue weighted by atomic mass is 19.4. The molecule has 1 N–H and O–H groups in total. The van der Waals surface area contributed by atoms with Crippen molar-refractivity contribution < 1.29 is 27.5 Å². The number of nitrogens with one attached hydrogen (secondary N) is 1. The molecular formula is C22H21F3N4O3. The number of hydrogen-bond acceptors (Lipinski definition) is 5. The van der Waals surface area contributed by atoms with E-state index in [9.17, 15) is 22.8 Å². The number of aromatic nitrogens is 3. The number of halogens is 3. The van der Waals surface area contributed by atoms with Crippen LogP contribution in [-0.2, 0) is 15.7 Å². The summed E-state index contributed by atoms with van der Waals surface area (Å²) < 4.78 is 45.9. The Hall–Kier alpha value is -3.69. The van der Waals surface area contributed by atoms with E-state index in [1.807, 2.05) is 6.92 Å². The maximum atomic E-state index is 13.2. The van der Waals surface area contributed by atoms with Crippen molar-refractivity contribution >= 4 is 11.9 Å². The second-order valence-corrected chi connectivity index (χ2v) is 6.92. The second-order valence-electron chi connectivity index (χ2n) is 6.92. The highest BCUT2D eigenvalue weighted by molar-refractivity contribution is 5.89. The van der Waals surface area contributed by atoms with E-state index in [-0.39, 0.29) is 17.3 Å². The van der Waals surface area contributed by atoms with Crippen molar-refractivity contribution in [1.29, 1.82) is 0 Å². The third-order valence-corrected chi connectivity index (χ3v) is 4.44. The molecule has 1 amide bonds. The number of alkyl halides is 3. The molecule has 3 rings (SSSR count). The Labute approximate surface area is 182 Å². The van der Waals surface area contributed by atoms with Gasteiger partial charge in [-0.15, -0.1) is 5.10 Å². The van der Waals surface area contributed by atoms with Crippen LogP contribution in [0.1, 0.15) is 36.5 Å². The third-order valence-electron chi connectivity index (χ3n) is 4.44. The van der Waals surface area contributed by atoms with E-state index in [1.54, 1.807) is 30.3 Å². The number of ether oxygens (including phenoxy) is 1. The van der Waals surface area contributed by atoms with Crippen LogP contribution in [0, 0.1) is 0 Å². The highest BCUT2D eigenvalue weighted by Gasteiger charge is 2.31. The van der Waals surface area contributed by atoms with Gasteiger partial charge in [-0.1, -0.05) is 43.3 Å². The molecule has 0 aliphatic heterocycles. The minimum atomic E-state index is -4.55. The normalized spacial score (nSPS) is 12.3. The summed E-state index contributed by atoms with van der Waals surface area (Å²) in [5.41, 5.74) is -0.265. The first-order valence-corrected chi connectivity index (χ1v) is 9.89. The topological polar surface area (TPSA) is 86.1 Å². The maximum Gasteiger partial charge on any atom is 0.416 e. The predicted molar refractivity (Wildman–Crippen MR) is 110 cm³/mol. The third kappa shape index (κ3) is 5.32. The lowest BCUT2D eigenvalue weighted by atomic mass is 10.2. The molecule has 1 unspecified atom stereocenters. The van der Waals surface area contributed by atoms with Crippen molar-refractivity contribution in [3.8, 4) is 17.1 Å². The Balaban J connectivity index is 1.98. The fourth-order valence-corrected chi connectivity index (χ4v) is 2.83. The largest absolute Gasteiger partial charge is 0.447 e. The Morgan fingerprint density at radius 1 is 1.12 bits per heavy atom. The van der Waals surface area contributed by atoms with Gasteiger partial charge >= 0.3 is 12.1 Å². The zero-order valence-corrected chi connectivity index (χ0v) is 17.4. The first kappa shape index (κ1) is 23.0. The molecule has 0 radical (unpaired) electrons. The van der Waals surface area contributed by atoms with Crippen LogP contribution in [0.25, 0.3) is 17.1 Å². The summed E-state index contributed by atoms with van der Waals surface area (Å²) in [6, 6.07) is 13.1. The van der Waals surface area contributed by atoms with Gasteiger partial charge in [-0.25, -0.2) is 14.5 Å². The van der Waals surface area contributed by atoms with Gasteiger partial charge in [-0.3, -0.25) is 4.79 Å². The quantitative estimate of drug-likeness (QED) is 0.554. The number of esters is 1. The van der Waals surface area contributed by atoms with E-state index in [2.05, 4.69) is 15.4 Å². The fourth-order valence-electron chi connectivity index (χ4n) is 2.83. The number of hydrogen-bond donors (Lipinski definition) is 1. The lowest BCUT2D eigenvalue weighted by Crippen LogP contribution is -2.36. The van der Waals surface area contributed by atoms with Crippen molar-refractivity contribution in [2.45, 2.75) is 32.5 Å². The van der Waals surface area contributed by atoms with Crippen LogP contribution in [0.5, 0.6) is 0 Å². The van der Waals surface area contributed by atoms with Crippen LogP contribution in [0.2, 0.25) is 0 Å². The van der Waals surface area contributed by atoms with Gasteiger partial charge in [0.1, 0.15) is 0 Å². The highest BCUT2D eigenvalue weighted by Crippen LogP contribution is 2.31. The zero-order chi connectivity index (χ0) is 23.3. The smallest absolute Gasteiger partial charge is 0.416 e. The first-order chi connectivity index (χ1) is 15.2. The molecule has 1 aromatic heterocycles. The van der Waals surface area contributed by atoms with Crippen LogP contribution < -0.4 is 5.32 Å². The van der Waals surface area contributed by atoms with Gasteiger partial charge in [0.2, 0.25) is 0 Å². The monoisotopic (exact) mass is 446 g/mol. The summed E-state index contributed by atoms with van der Waals surface area (Å²) in [5.74, 6) is -1.66. The molecule has 32 heavy (non-hydrogen) atoms. The number of rotatable bonds is 7. The molecular weight excluding hydrogens is 425 g/mol. The van der Waals surface area contributed by atoms with Crippen LogP contribution in [0.4, 0.5) is 13.2 Å². The van der Waals surface area contributed by atoms with Gasteiger partial charge in [-0.05, 0) is 31.5 Å². The number of amides is 1. The molecule has 10 heteroatoms. The number of carbonyl (C=O) groups is 2. The van der Waals surface area contributed by atoms with Crippen LogP contribution in [0.3, 0.4) is 0 Å². The van der Waals surface area contributed by atoms with Crippen LogP contribution >= 0.6 is 0 Å². The molecule has 1 atom stereocenters. The SMILES string of the molecule is CCCNC(=O)C(C)OC(=O)c1nc(-c2ccccc2)n(-c2cccc(C(F)(F)F)c2)n1. The lowest BCUT2D eigenvalue weighted by Gasteiger charge is -2.11. The van der Waals surface area contributed by atoms with Crippen molar-refractivity contribution in [2.24, 2.45) is 0 Å². The molecule has 0 saturated heterocycles.